The van der Waals surface area contributed by atoms with E-state index in [-0.39, 0.29) is 11.8 Å². The molecule has 0 aliphatic carbocycles. The zero-order valence-corrected chi connectivity index (χ0v) is 5.98. The van der Waals surface area contributed by atoms with Crippen LogP contribution >= 0.6 is 0 Å². The molecule has 0 saturated heterocycles. The fourth-order valence-corrected chi connectivity index (χ4v) is 0.690. The quantitative estimate of drug-likeness (QED) is 0.564. The minimum Gasteiger partial charge on any atom is -0.310 e. The molecule has 0 aliphatic heterocycles. The molecule has 9 heavy (non-hydrogen) atoms. The van der Waals surface area contributed by atoms with Crippen LogP contribution < -0.4 is 5.32 Å². The SMILES string of the molecule is C=CC(=O)C(CC)NC. The number of carbonyl (C=O) groups excluding carboxylic acids is 1. The first-order chi connectivity index (χ1) is 4.26. The second-order valence-electron chi connectivity index (χ2n) is 1.86. The molecule has 1 unspecified atom stereocenters. The molecule has 0 spiro atoms. The molecule has 2 nitrogen and oxygen atoms in total. The summed E-state index contributed by atoms with van der Waals surface area (Å²) >= 11 is 0. The highest BCUT2D eigenvalue weighted by Crippen LogP contribution is 1.91. The zero-order valence-electron chi connectivity index (χ0n) is 5.98. The number of carbonyl (C=O) groups is 1. The summed E-state index contributed by atoms with van der Waals surface area (Å²) in [6.07, 6.45) is 2.17. The van der Waals surface area contributed by atoms with Gasteiger partial charge in [0.15, 0.2) is 5.78 Å². The van der Waals surface area contributed by atoms with Crippen LogP contribution in [0.15, 0.2) is 12.7 Å². The van der Waals surface area contributed by atoms with Gasteiger partial charge in [-0.2, -0.15) is 0 Å². The van der Waals surface area contributed by atoms with Crippen LogP contribution in [0.25, 0.3) is 0 Å². The van der Waals surface area contributed by atoms with E-state index in [1.54, 1.807) is 7.05 Å². The summed E-state index contributed by atoms with van der Waals surface area (Å²) in [5, 5.41) is 2.88. The molecular weight excluding hydrogens is 114 g/mol. The van der Waals surface area contributed by atoms with E-state index in [0.29, 0.717) is 0 Å². The Labute approximate surface area is 56.0 Å². The molecule has 0 heterocycles. The molecule has 0 aliphatic rings. The topological polar surface area (TPSA) is 29.1 Å². The van der Waals surface area contributed by atoms with E-state index in [1.807, 2.05) is 6.92 Å². The summed E-state index contributed by atoms with van der Waals surface area (Å²) in [5.74, 6) is 0.0694. The summed E-state index contributed by atoms with van der Waals surface area (Å²) in [6.45, 7) is 5.35. The van der Waals surface area contributed by atoms with Gasteiger partial charge in [0, 0.05) is 0 Å². The minimum absolute atomic E-state index is 0.0394. The van der Waals surface area contributed by atoms with Crippen LogP contribution in [-0.2, 0) is 4.79 Å². The Morgan fingerprint density at radius 3 is 2.56 bits per heavy atom. The maximum absolute atomic E-state index is 10.8. The summed E-state index contributed by atoms with van der Waals surface area (Å²) < 4.78 is 0. The fourth-order valence-electron chi connectivity index (χ4n) is 0.690. The number of hydrogen-bond acceptors (Lipinski definition) is 2. The van der Waals surface area contributed by atoms with Gasteiger partial charge in [0.2, 0.25) is 0 Å². The van der Waals surface area contributed by atoms with Crippen LogP contribution in [0.3, 0.4) is 0 Å². The largest absolute Gasteiger partial charge is 0.310 e. The van der Waals surface area contributed by atoms with Crippen molar-refractivity contribution >= 4 is 5.78 Å². The van der Waals surface area contributed by atoms with Gasteiger partial charge in [-0.25, -0.2) is 0 Å². The lowest BCUT2D eigenvalue weighted by Gasteiger charge is -2.07. The Hall–Kier alpha value is -0.630. The molecule has 0 aromatic rings. The second kappa shape index (κ2) is 4.27. The van der Waals surface area contributed by atoms with Crippen LogP contribution in [0.1, 0.15) is 13.3 Å². The van der Waals surface area contributed by atoms with Gasteiger partial charge in [-0.05, 0) is 19.5 Å². The lowest BCUT2D eigenvalue weighted by molar-refractivity contribution is -0.116. The first-order valence-electron chi connectivity index (χ1n) is 3.09. The third kappa shape index (κ3) is 2.42. The second-order valence-corrected chi connectivity index (χ2v) is 1.86. The highest BCUT2D eigenvalue weighted by atomic mass is 16.1. The van der Waals surface area contributed by atoms with E-state index in [2.05, 4.69) is 11.9 Å². The van der Waals surface area contributed by atoms with Crippen molar-refractivity contribution in [3.05, 3.63) is 12.7 Å². The van der Waals surface area contributed by atoms with Gasteiger partial charge in [0.05, 0.1) is 6.04 Å². The molecule has 0 bridgehead atoms. The number of nitrogens with one attached hydrogen (secondary N) is 1. The molecule has 0 saturated carbocycles. The van der Waals surface area contributed by atoms with Gasteiger partial charge in [-0.1, -0.05) is 13.5 Å². The average Bonchev–Trinajstić information content (AvgIpc) is 1.90. The predicted octanol–water partition coefficient (Wildman–Crippen LogP) is 0.739. The molecule has 52 valence electrons. The fraction of sp³-hybridized carbons (Fsp3) is 0.571. The Bertz CT molecular complexity index is 105. The first kappa shape index (κ1) is 8.37. The summed E-state index contributed by atoms with van der Waals surface area (Å²) in [4.78, 5) is 10.8. The number of rotatable bonds is 4. The highest BCUT2D eigenvalue weighted by molar-refractivity contribution is 5.93. The Balaban J connectivity index is 3.78. The van der Waals surface area contributed by atoms with Crippen molar-refractivity contribution in [1.29, 1.82) is 0 Å². The van der Waals surface area contributed by atoms with Crippen LogP contribution in [0.5, 0.6) is 0 Å². The van der Waals surface area contributed by atoms with E-state index in [1.165, 1.54) is 6.08 Å². The Morgan fingerprint density at radius 2 is 2.44 bits per heavy atom. The van der Waals surface area contributed by atoms with E-state index in [4.69, 9.17) is 0 Å². The summed E-state index contributed by atoms with van der Waals surface area (Å²) in [7, 11) is 1.77. The van der Waals surface area contributed by atoms with Crippen molar-refractivity contribution in [2.45, 2.75) is 19.4 Å². The number of ketones is 1. The summed E-state index contributed by atoms with van der Waals surface area (Å²) in [6, 6.07) is -0.0394. The van der Waals surface area contributed by atoms with Gasteiger partial charge in [0.25, 0.3) is 0 Å². The molecule has 0 aromatic carbocycles. The van der Waals surface area contributed by atoms with Gasteiger partial charge in [-0.3, -0.25) is 4.79 Å². The van der Waals surface area contributed by atoms with Crippen molar-refractivity contribution in [2.24, 2.45) is 0 Å². The molecule has 0 aromatic heterocycles. The van der Waals surface area contributed by atoms with Gasteiger partial charge >= 0.3 is 0 Å². The molecule has 0 amide bonds. The standard InChI is InChI=1S/C7H13NO/c1-4-6(8-3)7(9)5-2/h5-6,8H,2,4H2,1,3H3. The van der Waals surface area contributed by atoms with Crippen LogP contribution in [0.4, 0.5) is 0 Å². The minimum atomic E-state index is -0.0394. The average molecular weight is 127 g/mol. The van der Waals surface area contributed by atoms with Crippen molar-refractivity contribution in [3.63, 3.8) is 0 Å². The van der Waals surface area contributed by atoms with E-state index >= 15 is 0 Å². The van der Waals surface area contributed by atoms with Crippen molar-refractivity contribution in [1.82, 2.24) is 5.32 Å². The van der Waals surface area contributed by atoms with Gasteiger partial charge in [-0.15, -0.1) is 0 Å². The third-order valence-electron chi connectivity index (χ3n) is 1.30. The van der Waals surface area contributed by atoms with Crippen LogP contribution in [-0.4, -0.2) is 18.9 Å². The van der Waals surface area contributed by atoms with Gasteiger partial charge < -0.3 is 5.32 Å². The Kier molecular flexibility index (Phi) is 3.97. The smallest absolute Gasteiger partial charge is 0.171 e. The maximum atomic E-state index is 10.8. The molecule has 1 N–H and O–H groups in total. The van der Waals surface area contributed by atoms with E-state index in [9.17, 15) is 4.79 Å². The van der Waals surface area contributed by atoms with Crippen LogP contribution in [0, 0.1) is 0 Å². The monoisotopic (exact) mass is 127 g/mol. The number of likely N-dealkylation sites (N-methyl/N-ethyl adjacent to an activating group) is 1. The Morgan fingerprint density at radius 1 is 1.89 bits per heavy atom. The highest BCUT2D eigenvalue weighted by Gasteiger charge is 2.08. The molecule has 1 atom stereocenters. The zero-order chi connectivity index (χ0) is 7.28. The molecule has 0 radical (unpaired) electrons. The third-order valence-corrected chi connectivity index (χ3v) is 1.30. The molecule has 0 fully saturated rings. The van der Waals surface area contributed by atoms with Crippen molar-refractivity contribution in [2.75, 3.05) is 7.05 Å². The van der Waals surface area contributed by atoms with Crippen LogP contribution in [0.2, 0.25) is 0 Å². The van der Waals surface area contributed by atoms with E-state index in [0.717, 1.165) is 6.42 Å². The van der Waals surface area contributed by atoms with Crippen molar-refractivity contribution < 1.29 is 4.79 Å². The lowest BCUT2D eigenvalue weighted by Crippen LogP contribution is -2.31. The molecular formula is C7H13NO. The number of hydrogen-bond donors (Lipinski definition) is 1. The maximum Gasteiger partial charge on any atom is 0.171 e. The first-order valence-corrected chi connectivity index (χ1v) is 3.09. The molecule has 2 heteroatoms. The van der Waals surface area contributed by atoms with Crippen molar-refractivity contribution in [3.8, 4) is 0 Å². The predicted molar refractivity (Wildman–Crippen MR) is 38.3 cm³/mol. The lowest BCUT2D eigenvalue weighted by atomic mass is 10.1. The molecule has 0 rings (SSSR count). The normalized spacial score (nSPS) is 12.7. The summed E-state index contributed by atoms with van der Waals surface area (Å²) in [5.41, 5.74) is 0. The van der Waals surface area contributed by atoms with E-state index < -0.39 is 0 Å². The van der Waals surface area contributed by atoms with Gasteiger partial charge in [0.1, 0.15) is 0 Å².